The van der Waals surface area contributed by atoms with Crippen LogP contribution in [-0.4, -0.2) is 61.1 Å². The van der Waals surface area contributed by atoms with Crippen LogP contribution in [0.1, 0.15) is 24.0 Å². The molecule has 0 N–H and O–H groups in total. The largest absolute Gasteiger partial charge is 0.486 e. The Morgan fingerprint density at radius 2 is 1.79 bits per heavy atom. The molecule has 0 aliphatic carbocycles. The van der Waals surface area contributed by atoms with E-state index in [1.54, 1.807) is 16.7 Å². The Balaban J connectivity index is 1.17. The molecule has 178 valence electrons. The van der Waals surface area contributed by atoms with Gasteiger partial charge < -0.3 is 23.8 Å². The summed E-state index contributed by atoms with van der Waals surface area (Å²) in [6, 6.07) is 13.1. The van der Waals surface area contributed by atoms with Gasteiger partial charge in [0, 0.05) is 37.1 Å². The summed E-state index contributed by atoms with van der Waals surface area (Å²) in [6.45, 7) is 7.31. The molecular weight excluding hydrogens is 432 g/mol. The minimum absolute atomic E-state index is 0.0651. The zero-order valence-electron chi connectivity index (χ0n) is 19.9. The lowest BCUT2D eigenvalue weighted by Gasteiger charge is -2.37. The molecule has 0 amide bonds. The number of benzene rings is 2. The number of pyridine rings is 1. The van der Waals surface area contributed by atoms with E-state index in [-0.39, 0.29) is 11.4 Å². The van der Waals surface area contributed by atoms with Gasteiger partial charge in [-0.2, -0.15) is 0 Å². The van der Waals surface area contributed by atoms with E-state index in [1.807, 2.05) is 13.0 Å². The Hall–Kier alpha value is -2.84. The van der Waals surface area contributed by atoms with E-state index in [0.717, 1.165) is 61.5 Å². The summed E-state index contributed by atoms with van der Waals surface area (Å²) >= 11 is 0. The molecule has 2 aromatic carbocycles. The highest BCUT2D eigenvalue weighted by atomic mass is 19.1. The zero-order valence-corrected chi connectivity index (χ0v) is 19.9. The highest BCUT2D eigenvalue weighted by Gasteiger charge is 2.23. The van der Waals surface area contributed by atoms with Gasteiger partial charge >= 0.3 is 0 Å². The first-order valence-corrected chi connectivity index (χ1v) is 12.1. The predicted octanol–water partition coefficient (Wildman–Crippen LogP) is 2.73. The van der Waals surface area contributed by atoms with Crippen molar-refractivity contribution >= 4 is 18.9 Å². The molecular formula is C26H31BFN3O3. The molecule has 0 bridgehead atoms. The highest BCUT2D eigenvalue weighted by molar-refractivity contribution is 6.04. The number of halogens is 1. The Kier molecular flexibility index (Phi) is 6.61. The summed E-state index contributed by atoms with van der Waals surface area (Å²) in [5, 5.41) is 0.931. The van der Waals surface area contributed by atoms with Gasteiger partial charge in [0.15, 0.2) is 19.5 Å². The second-order valence-corrected chi connectivity index (χ2v) is 9.44. The fourth-order valence-corrected chi connectivity index (χ4v) is 5.18. The maximum absolute atomic E-state index is 13.9. The topological polar surface area (TPSA) is 46.9 Å². The summed E-state index contributed by atoms with van der Waals surface area (Å²) < 4.78 is 26.9. The molecule has 0 spiro atoms. The van der Waals surface area contributed by atoms with Gasteiger partial charge in [-0.3, -0.25) is 4.79 Å². The van der Waals surface area contributed by atoms with E-state index in [4.69, 9.17) is 9.47 Å². The molecule has 0 unspecified atom stereocenters. The van der Waals surface area contributed by atoms with Gasteiger partial charge in [0.05, 0.1) is 5.52 Å². The summed E-state index contributed by atoms with van der Waals surface area (Å²) in [7, 11) is 2.18. The fraction of sp³-hybridized carbons (Fsp3) is 0.423. The van der Waals surface area contributed by atoms with Gasteiger partial charge in [-0.15, -0.1) is 0 Å². The minimum Gasteiger partial charge on any atom is -0.486 e. The third-order valence-corrected chi connectivity index (χ3v) is 7.14. The minimum atomic E-state index is -0.312. The van der Waals surface area contributed by atoms with E-state index in [1.165, 1.54) is 17.7 Å². The molecule has 8 heteroatoms. The second-order valence-electron chi connectivity index (χ2n) is 9.44. The fourth-order valence-electron chi connectivity index (χ4n) is 5.18. The van der Waals surface area contributed by atoms with Gasteiger partial charge in [0.25, 0.3) is 5.56 Å². The number of likely N-dealkylation sites (tertiary alicyclic amines) is 1. The van der Waals surface area contributed by atoms with E-state index in [9.17, 15) is 9.18 Å². The van der Waals surface area contributed by atoms with Crippen LogP contribution in [-0.2, 0) is 13.1 Å². The van der Waals surface area contributed by atoms with Crippen LogP contribution in [0.3, 0.4) is 0 Å². The maximum Gasteiger partial charge on any atom is 0.251 e. The van der Waals surface area contributed by atoms with Gasteiger partial charge in [-0.25, -0.2) is 4.39 Å². The van der Waals surface area contributed by atoms with Crippen molar-refractivity contribution in [3.8, 4) is 11.5 Å². The average Bonchev–Trinajstić information content (AvgIpc) is 2.84. The van der Waals surface area contributed by atoms with Crippen LogP contribution < -0.4 is 15.0 Å². The number of nitrogens with zero attached hydrogens (tertiary/aromatic N) is 3. The zero-order chi connectivity index (χ0) is 23.7. The molecule has 6 nitrogen and oxygen atoms in total. The van der Waals surface area contributed by atoms with Crippen molar-refractivity contribution in [2.45, 2.75) is 38.9 Å². The first-order valence-electron chi connectivity index (χ1n) is 12.1. The number of hydrogen-bond donors (Lipinski definition) is 0. The third kappa shape index (κ3) is 4.84. The number of rotatable bonds is 6. The molecule has 2 aliphatic rings. The van der Waals surface area contributed by atoms with Crippen LogP contribution in [0.2, 0.25) is 0 Å². The van der Waals surface area contributed by atoms with Crippen molar-refractivity contribution < 1.29 is 13.9 Å². The smallest absolute Gasteiger partial charge is 0.251 e. The lowest BCUT2D eigenvalue weighted by molar-refractivity contribution is 0.153. The molecule has 2 aliphatic heterocycles. The lowest BCUT2D eigenvalue weighted by atomic mass is 9.99. The Morgan fingerprint density at radius 1 is 1.03 bits per heavy atom. The first-order chi connectivity index (χ1) is 16.5. The predicted molar refractivity (Wildman–Crippen MR) is 134 cm³/mol. The molecule has 5 rings (SSSR count). The monoisotopic (exact) mass is 463 g/mol. The molecule has 1 saturated heterocycles. The average molecular weight is 463 g/mol. The van der Waals surface area contributed by atoms with E-state index < -0.39 is 0 Å². The van der Waals surface area contributed by atoms with E-state index >= 15 is 0 Å². The SMILES string of the molecule is BN(Cc1ccc2c(c1)OCCO2)C1CCN(CCn2c(=O)cc(C)c3ccc(F)cc32)CC1. The van der Waals surface area contributed by atoms with Gasteiger partial charge in [-0.05, 0) is 74.3 Å². The van der Waals surface area contributed by atoms with Gasteiger partial charge in [-0.1, -0.05) is 6.07 Å². The van der Waals surface area contributed by atoms with Crippen molar-refractivity contribution in [3.05, 3.63) is 69.8 Å². The Bertz CT molecular complexity index is 1240. The van der Waals surface area contributed by atoms with Crippen molar-refractivity contribution in [1.82, 2.24) is 14.3 Å². The summed E-state index contributed by atoms with van der Waals surface area (Å²) in [5.41, 5.74) is 2.73. The van der Waals surface area contributed by atoms with Crippen molar-refractivity contribution in [3.63, 3.8) is 0 Å². The van der Waals surface area contributed by atoms with Crippen LogP contribution in [0.25, 0.3) is 10.9 Å². The molecule has 1 fully saturated rings. The molecule has 3 aromatic rings. The van der Waals surface area contributed by atoms with Gasteiger partial charge in [0.2, 0.25) is 0 Å². The Labute approximate surface area is 200 Å². The number of aromatic nitrogens is 1. The molecule has 3 heterocycles. The highest BCUT2D eigenvalue weighted by Crippen LogP contribution is 2.31. The summed E-state index contributed by atoms with van der Waals surface area (Å²) in [6.07, 6.45) is 2.17. The number of aryl methyl sites for hydroxylation is 1. The molecule has 0 radical (unpaired) electrons. The summed E-state index contributed by atoms with van der Waals surface area (Å²) in [5.74, 6) is 1.35. The van der Waals surface area contributed by atoms with Crippen molar-refractivity contribution in [2.24, 2.45) is 0 Å². The number of fused-ring (bicyclic) bond motifs is 2. The van der Waals surface area contributed by atoms with Crippen molar-refractivity contribution in [1.29, 1.82) is 0 Å². The van der Waals surface area contributed by atoms with Crippen LogP contribution in [0, 0.1) is 12.7 Å². The maximum atomic E-state index is 13.9. The summed E-state index contributed by atoms with van der Waals surface area (Å²) in [4.78, 5) is 17.5. The quantitative estimate of drug-likeness (QED) is 0.527. The molecule has 0 saturated carbocycles. The van der Waals surface area contributed by atoms with Crippen molar-refractivity contribution in [2.75, 3.05) is 32.8 Å². The number of ether oxygens (including phenoxy) is 2. The standard InChI is InChI=1S/C26H31BFN3O3/c1-18-14-26(32)30(23-16-20(28)3-4-22(18)23)11-10-29-8-6-21(7-9-29)31(27)17-19-2-5-24-25(15-19)34-13-12-33-24/h2-5,14-16,21H,6-13,17,27H2,1H3. The van der Waals surface area contributed by atoms with E-state index in [2.05, 4.69) is 29.8 Å². The van der Waals surface area contributed by atoms with Gasteiger partial charge in [0.1, 0.15) is 19.0 Å². The number of piperidine rings is 1. The van der Waals surface area contributed by atoms with Crippen LogP contribution in [0.5, 0.6) is 11.5 Å². The third-order valence-electron chi connectivity index (χ3n) is 7.14. The molecule has 0 atom stereocenters. The first kappa shape index (κ1) is 22.9. The lowest BCUT2D eigenvalue weighted by Crippen LogP contribution is -2.44. The van der Waals surface area contributed by atoms with E-state index in [0.29, 0.717) is 31.3 Å². The number of hydrogen-bond acceptors (Lipinski definition) is 5. The normalized spacial score (nSPS) is 16.9. The Morgan fingerprint density at radius 3 is 2.59 bits per heavy atom. The van der Waals surface area contributed by atoms with Crippen LogP contribution in [0.15, 0.2) is 47.3 Å². The second kappa shape index (κ2) is 9.80. The molecule has 34 heavy (non-hydrogen) atoms. The molecule has 1 aromatic heterocycles. The van der Waals surface area contributed by atoms with Crippen LogP contribution in [0.4, 0.5) is 4.39 Å². The van der Waals surface area contributed by atoms with Crippen LogP contribution >= 0.6 is 0 Å².